The molecule has 5 N–H and O–H groups in total. The molecule has 0 fully saturated rings. The summed E-state index contributed by atoms with van der Waals surface area (Å²) in [4.78, 5) is 40.7. The lowest BCUT2D eigenvalue weighted by Crippen LogP contribution is -2.44. The highest BCUT2D eigenvalue weighted by molar-refractivity contribution is 5.86. The van der Waals surface area contributed by atoms with Crippen LogP contribution >= 0.6 is 0 Å². The molecule has 6 rings (SSSR count). The minimum absolute atomic E-state index is 0.0719. The smallest absolute Gasteiger partial charge is 0.407 e. The molecule has 6 aromatic rings. The second-order valence-corrected chi connectivity index (χ2v) is 10.8. The van der Waals surface area contributed by atoms with Gasteiger partial charge >= 0.3 is 6.09 Å². The molecule has 0 aliphatic carbocycles. The molecule has 0 aliphatic rings. The van der Waals surface area contributed by atoms with Gasteiger partial charge in [-0.15, -0.1) is 0 Å². The third-order valence-electron chi connectivity index (χ3n) is 7.53. The zero-order valence-corrected chi connectivity index (χ0v) is 24.6. The Kier molecular flexibility index (Phi) is 8.70. The van der Waals surface area contributed by atoms with Crippen LogP contribution in [0.3, 0.4) is 0 Å². The quantitative estimate of drug-likeness (QED) is 0.144. The van der Waals surface area contributed by atoms with Crippen molar-refractivity contribution < 1.29 is 14.6 Å². The Morgan fingerprint density at radius 3 is 2.53 bits per heavy atom. The summed E-state index contributed by atoms with van der Waals surface area (Å²) in [5, 5.41) is 17.4. The Hall–Kier alpha value is -5.68. The van der Waals surface area contributed by atoms with Crippen molar-refractivity contribution in [1.82, 2.24) is 29.8 Å². The van der Waals surface area contributed by atoms with Gasteiger partial charge in [-0.25, -0.2) is 14.8 Å². The van der Waals surface area contributed by atoms with Crippen LogP contribution in [0.25, 0.3) is 28.1 Å². The van der Waals surface area contributed by atoms with Crippen LogP contribution in [-0.2, 0) is 17.8 Å². The zero-order chi connectivity index (χ0) is 31.2. The molecule has 0 saturated carbocycles. The first-order valence-electron chi connectivity index (χ1n) is 14.6. The van der Waals surface area contributed by atoms with Crippen molar-refractivity contribution in [1.29, 1.82) is 0 Å². The van der Waals surface area contributed by atoms with E-state index in [1.807, 2.05) is 90.5 Å². The maximum absolute atomic E-state index is 13.3. The van der Waals surface area contributed by atoms with E-state index in [0.29, 0.717) is 23.5 Å². The Morgan fingerprint density at radius 1 is 1.04 bits per heavy atom. The molecule has 0 spiro atoms. The number of H-pyrrole nitrogens is 2. The number of aliphatic hydroxyl groups excluding tert-OH is 1. The fourth-order valence-corrected chi connectivity index (χ4v) is 5.24. The Labute approximate surface area is 259 Å². The number of anilines is 1. The highest BCUT2D eigenvalue weighted by atomic mass is 16.5. The SMILES string of the molecule is Cc1cc(-n2ccnc2)cc2[nH]c(-c3c(NC(Cc4ccccc4)C(O)CNC(=O)OCc4ccccc4)cc[nH]c3=O)nc12. The van der Waals surface area contributed by atoms with Crippen LogP contribution in [0, 0.1) is 6.92 Å². The number of benzene rings is 3. The maximum atomic E-state index is 13.3. The van der Waals surface area contributed by atoms with Gasteiger partial charge in [-0.3, -0.25) is 4.79 Å². The van der Waals surface area contributed by atoms with E-state index >= 15 is 0 Å². The number of alkyl carbamates (subject to hydrolysis) is 1. The number of rotatable bonds is 11. The summed E-state index contributed by atoms with van der Waals surface area (Å²) >= 11 is 0. The van der Waals surface area contributed by atoms with Gasteiger partial charge in [0.25, 0.3) is 5.56 Å². The second kappa shape index (κ2) is 13.3. The van der Waals surface area contributed by atoms with E-state index in [1.54, 1.807) is 24.8 Å². The molecule has 228 valence electrons. The summed E-state index contributed by atoms with van der Waals surface area (Å²) in [5.41, 5.74) is 5.62. The lowest BCUT2D eigenvalue weighted by Gasteiger charge is -2.26. The minimum atomic E-state index is -1.03. The molecule has 3 aromatic carbocycles. The van der Waals surface area contributed by atoms with Gasteiger partial charge in [-0.2, -0.15) is 0 Å². The van der Waals surface area contributed by atoms with E-state index in [1.165, 1.54) is 0 Å². The third kappa shape index (κ3) is 6.94. The summed E-state index contributed by atoms with van der Waals surface area (Å²) in [6.45, 7) is 2.01. The van der Waals surface area contributed by atoms with Crippen LogP contribution in [0.15, 0.2) is 109 Å². The number of amides is 1. The minimum Gasteiger partial charge on any atom is -0.445 e. The average Bonchev–Trinajstić information content (AvgIpc) is 3.75. The van der Waals surface area contributed by atoms with Crippen LogP contribution in [-0.4, -0.2) is 54.4 Å². The number of nitrogens with zero attached hydrogens (tertiary/aromatic N) is 3. The number of hydrogen-bond donors (Lipinski definition) is 5. The molecule has 2 atom stereocenters. The Morgan fingerprint density at radius 2 is 1.80 bits per heavy atom. The summed E-state index contributed by atoms with van der Waals surface area (Å²) in [6, 6.07) is 24.2. The number of ether oxygens (including phenoxy) is 1. The average molecular weight is 604 g/mol. The van der Waals surface area contributed by atoms with Crippen LogP contribution < -0.4 is 16.2 Å². The number of fused-ring (bicyclic) bond motifs is 1. The number of aromatic nitrogens is 5. The van der Waals surface area contributed by atoms with E-state index < -0.39 is 18.2 Å². The van der Waals surface area contributed by atoms with Crippen LogP contribution in [0.1, 0.15) is 16.7 Å². The van der Waals surface area contributed by atoms with Crippen molar-refractivity contribution in [3.63, 3.8) is 0 Å². The molecule has 0 bridgehead atoms. The van der Waals surface area contributed by atoms with Crippen molar-refractivity contribution in [2.45, 2.75) is 32.1 Å². The highest BCUT2D eigenvalue weighted by Gasteiger charge is 2.24. The first kappa shape index (κ1) is 29.4. The van der Waals surface area contributed by atoms with E-state index in [0.717, 1.165) is 33.4 Å². The van der Waals surface area contributed by atoms with Gasteiger partial charge in [-0.1, -0.05) is 60.7 Å². The number of pyridine rings is 1. The van der Waals surface area contributed by atoms with E-state index in [-0.39, 0.29) is 18.7 Å². The van der Waals surface area contributed by atoms with Gasteiger partial charge in [0.1, 0.15) is 18.0 Å². The number of nitrogens with one attached hydrogen (secondary N) is 4. The Bertz CT molecular complexity index is 1940. The molecule has 3 heterocycles. The van der Waals surface area contributed by atoms with Gasteiger partial charge in [0, 0.05) is 30.8 Å². The predicted molar refractivity (Wildman–Crippen MR) is 172 cm³/mol. The first-order chi connectivity index (χ1) is 21.9. The molecular formula is C34H33N7O4. The monoisotopic (exact) mass is 603 g/mol. The molecule has 45 heavy (non-hydrogen) atoms. The summed E-state index contributed by atoms with van der Waals surface area (Å²) < 4.78 is 7.21. The standard InChI is InChI=1S/C34H33N7O4/c1-22-16-25(41-15-14-35-21-41)18-28-31(22)40-32(39-28)30-26(12-13-36-33(30)43)38-27(17-23-8-4-2-5-9-23)29(42)19-37-34(44)45-20-24-10-6-3-7-11-24/h2-16,18,21,27,29,42H,17,19-20H2,1H3,(H,37,44)(H,39,40)(H2,36,38,43). The first-order valence-corrected chi connectivity index (χ1v) is 14.6. The van der Waals surface area contributed by atoms with E-state index in [9.17, 15) is 14.7 Å². The lowest BCUT2D eigenvalue weighted by atomic mass is 10.00. The normalized spacial score (nSPS) is 12.5. The van der Waals surface area contributed by atoms with Gasteiger partial charge in [0.15, 0.2) is 0 Å². The van der Waals surface area contributed by atoms with Gasteiger partial charge in [0.2, 0.25) is 0 Å². The van der Waals surface area contributed by atoms with Crippen LogP contribution in [0.2, 0.25) is 0 Å². The summed E-state index contributed by atoms with van der Waals surface area (Å²) in [5.74, 6) is 0.385. The number of carbonyl (C=O) groups excluding carboxylic acids is 1. The molecule has 0 aliphatic heterocycles. The number of imidazole rings is 2. The van der Waals surface area contributed by atoms with Gasteiger partial charge in [-0.05, 0) is 48.2 Å². The fraction of sp³-hybridized carbons (Fsp3) is 0.176. The van der Waals surface area contributed by atoms with Crippen LogP contribution in [0.5, 0.6) is 0 Å². The number of aryl methyl sites for hydroxylation is 1. The number of aromatic amines is 2. The molecule has 11 heteroatoms. The molecule has 0 saturated heterocycles. The second-order valence-electron chi connectivity index (χ2n) is 10.8. The molecule has 2 unspecified atom stereocenters. The Balaban J connectivity index is 1.25. The van der Waals surface area contributed by atoms with Crippen molar-refractivity contribution in [2.24, 2.45) is 0 Å². The molecule has 1 amide bonds. The van der Waals surface area contributed by atoms with Crippen LogP contribution in [0.4, 0.5) is 10.5 Å². The topological polar surface area (TPSA) is 150 Å². The molecule has 11 nitrogen and oxygen atoms in total. The van der Waals surface area contributed by atoms with Crippen molar-refractivity contribution in [2.75, 3.05) is 11.9 Å². The van der Waals surface area contributed by atoms with Crippen molar-refractivity contribution in [3.8, 4) is 17.1 Å². The largest absolute Gasteiger partial charge is 0.445 e. The lowest BCUT2D eigenvalue weighted by molar-refractivity contribution is 0.119. The summed E-state index contributed by atoms with van der Waals surface area (Å²) in [7, 11) is 0. The number of hydrogen-bond acceptors (Lipinski definition) is 7. The van der Waals surface area contributed by atoms with Gasteiger partial charge < -0.3 is 35.0 Å². The molecular weight excluding hydrogens is 570 g/mol. The third-order valence-corrected chi connectivity index (χ3v) is 7.53. The maximum Gasteiger partial charge on any atom is 0.407 e. The van der Waals surface area contributed by atoms with Crippen molar-refractivity contribution >= 4 is 22.8 Å². The predicted octanol–water partition coefficient (Wildman–Crippen LogP) is 4.72. The molecule has 3 aromatic heterocycles. The van der Waals surface area contributed by atoms with E-state index in [4.69, 9.17) is 9.72 Å². The number of carbonyl (C=O) groups is 1. The fourth-order valence-electron chi connectivity index (χ4n) is 5.24. The van der Waals surface area contributed by atoms with E-state index in [2.05, 4.69) is 25.6 Å². The summed E-state index contributed by atoms with van der Waals surface area (Å²) in [6.07, 6.45) is 5.59. The highest BCUT2D eigenvalue weighted by Crippen LogP contribution is 2.28. The van der Waals surface area contributed by atoms with Gasteiger partial charge in [0.05, 0.1) is 35.2 Å². The molecule has 0 radical (unpaired) electrons. The zero-order valence-electron chi connectivity index (χ0n) is 24.6. The van der Waals surface area contributed by atoms with Crippen molar-refractivity contribution in [3.05, 3.63) is 131 Å². The number of aliphatic hydroxyl groups is 1.